The summed E-state index contributed by atoms with van der Waals surface area (Å²) in [5.41, 5.74) is 2.64. The maximum Gasteiger partial charge on any atom is 0.321 e. The second-order valence-corrected chi connectivity index (χ2v) is 6.71. The van der Waals surface area contributed by atoms with Crippen LogP contribution in [0.1, 0.15) is 52.3 Å². The molecule has 7 heteroatoms. The molecule has 0 saturated heterocycles. The molecule has 2 amide bonds. The Bertz CT molecular complexity index is 888. The van der Waals surface area contributed by atoms with Crippen LogP contribution in [0.3, 0.4) is 0 Å². The molecule has 0 aliphatic carbocycles. The number of nitrogens with zero attached hydrogens (tertiary/aromatic N) is 2. The minimum atomic E-state index is -0.166. The number of hydrogen-bond donors (Lipinski definition) is 2. The highest BCUT2D eigenvalue weighted by atomic mass is 16.5. The Kier molecular flexibility index (Phi) is 8.24. The van der Waals surface area contributed by atoms with Crippen molar-refractivity contribution in [3.8, 4) is 17.1 Å². The summed E-state index contributed by atoms with van der Waals surface area (Å²) >= 11 is 0. The molecule has 158 valence electrons. The van der Waals surface area contributed by atoms with Crippen LogP contribution in [0.25, 0.3) is 11.4 Å². The van der Waals surface area contributed by atoms with E-state index in [1.165, 1.54) is 0 Å². The number of carbonyl (C=O) groups is 1. The predicted molar refractivity (Wildman–Crippen MR) is 117 cm³/mol. The summed E-state index contributed by atoms with van der Waals surface area (Å²) in [6.45, 7) is 11.6. The number of H-pyrrole nitrogens is 1. The molecule has 0 aliphatic rings. The lowest BCUT2D eigenvalue weighted by molar-refractivity contribution is 0.217. The standard InChI is InChI=1S/C22H32N4O3/c1-6-13-29-19-12-11-15(23-22(28)26(9-4)10-5)14-17(19)20-24-18(8-3)16(7-2)21(27)25-20/h11-12,14H,6-10,13H2,1-5H3,(H,23,28)(H,24,25,27). The molecular formula is C22H32N4O3. The van der Waals surface area contributed by atoms with E-state index in [1.54, 1.807) is 17.0 Å². The van der Waals surface area contributed by atoms with Gasteiger partial charge in [-0.2, -0.15) is 0 Å². The van der Waals surface area contributed by atoms with Crippen molar-refractivity contribution in [2.45, 2.75) is 53.9 Å². The van der Waals surface area contributed by atoms with Gasteiger partial charge in [0.25, 0.3) is 5.56 Å². The highest BCUT2D eigenvalue weighted by Gasteiger charge is 2.16. The molecule has 2 rings (SSSR count). The number of aromatic amines is 1. The van der Waals surface area contributed by atoms with E-state index in [9.17, 15) is 9.59 Å². The van der Waals surface area contributed by atoms with E-state index in [-0.39, 0.29) is 11.6 Å². The van der Waals surface area contributed by atoms with Crippen LogP contribution in [0.2, 0.25) is 0 Å². The fourth-order valence-corrected chi connectivity index (χ4v) is 3.17. The number of hydrogen-bond acceptors (Lipinski definition) is 4. The first-order valence-electron chi connectivity index (χ1n) is 10.4. The van der Waals surface area contributed by atoms with Gasteiger partial charge in [-0.1, -0.05) is 20.8 Å². The summed E-state index contributed by atoms with van der Waals surface area (Å²) in [6, 6.07) is 5.24. The smallest absolute Gasteiger partial charge is 0.321 e. The Balaban J connectivity index is 2.51. The van der Waals surface area contributed by atoms with E-state index >= 15 is 0 Å². The molecule has 2 N–H and O–H groups in total. The first-order valence-corrected chi connectivity index (χ1v) is 10.4. The second kappa shape index (κ2) is 10.6. The number of aromatic nitrogens is 2. The molecule has 0 unspecified atom stereocenters. The average molecular weight is 401 g/mol. The molecule has 0 fully saturated rings. The van der Waals surface area contributed by atoms with Gasteiger partial charge in [0.1, 0.15) is 11.6 Å². The van der Waals surface area contributed by atoms with Crippen molar-refractivity contribution in [1.82, 2.24) is 14.9 Å². The molecule has 7 nitrogen and oxygen atoms in total. The van der Waals surface area contributed by atoms with E-state index in [4.69, 9.17) is 9.72 Å². The summed E-state index contributed by atoms with van der Waals surface area (Å²) in [5, 5.41) is 2.91. The maximum atomic E-state index is 12.6. The molecule has 0 radical (unpaired) electrons. The summed E-state index contributed by atoms with van der Waals surface area (Å²) in [6.07, 6.45) is 2.16. The largest absolute Gasteiger partial charge is 0.493 e. The van der Waals surface area contributed by atoms with Gasteiger partial charge in [0.05, 0.1) is 17.9 Å². The van der Waals surface area contributed by atoms with Gasteiger partial charge >= 0.3 is 6.03 Å². The Morgan fingerprint density at radius 1 is 1.14 bits per heavy atom. The highest BCUT2D eigenvalue weighted by Crippen LogP contribution is 2.31. The lowest BCUT2D eigenvalue weighted by atomic mass is 10.1. The van der Waals surface area contributed by atoms with Crippen molar-refractivity contribution < 1.29 is 9.53 Å². The minimum Gasteiger partial charge on any atom is -0.493 e. The molecule has 29 heavy (non-hydrogen) atoms. The summed E-state index contributed by atoms with van der Waals surface area (Å²) in [5.74, 6) is 1.08. The van der Waals surface area contributed by atoms with Crippen LogP contribution in [0, 0.1) is 0 Å². The highest BCUT2D eigenvalue weighted by molar-refractivity contribution is 5.90. The van der Waals surface area contributed by atoms with Gasteiger partial charge in [-0.25, -0.2) is 9.78 Å². The Labute approximate surface area is 172 Å². The quantitative estimate of drug-likeness (QED) is 0.660. The Hall–Kier alpha value is -2.83. The van der Waals surface area contributed by atoms with E-state index in [0.717, 1.165) is 12.1 Å². The summed E-state index contributed by atoms with van der Waals surface area (Å²) in [7, 11) is 0. The molecule has 0 aliphatic heterocycles. The first-order chi connectivity index (χ1) is 14.0. The van der Waals surface area contributed by atoms with Crippen LogP contribution >= 0.6 is 0 Å². The fraction of sp³-hybridized carbons (Fsp3) is 0.500. The number of ether oxygens (including phenoxy) is 1. The molecule has 1 aromatic carbocycles. The monoisotopic (exact) mass is 400 g/mol. The van der Waals surface area contributed by atoms with E-state index < -0.39 is 0 Å². The predicted octanol–water partition coefficient (Wildman–Crippen LogP) is 4.22. The lowest BCUT2D eigenvalue weighted by Crippen LogP contribution is -2.34. The van der Waals surface area contributed by atoms with Gasteiger partial charge in [0.15, 0.2) is 0 Å². The molecule has 0 saturated carbocycles. The molecule has 2 aromatic rings. The van der Waals surface area contributed by atoms with Crippen LogP contribution in [0.4, 0.5) is 10.5 Å². The van der Waals surface area contributed by atoms with Crippen molar-refractivity contribution in [1.29, 1.82) is 0 Å². The minimum absolute atomic E-state index is 0.131. The third-order valence-corrected chi connectivity index (χ3v) is 4.79. The third-order valence-electron chi connectivity index (χ3n) is 4.79. The van der Waals surface area contributed by atoms with Gasteiger partial charge in [0.2, 0.25) is 0 Å². The Morgan fingerprint density at radius 3 is 2.45 bits per heavy atom. The van der Waals surface area contributed by atoms with Crippen LogP contribution in [-0.2, 0) is 12.8 Å². The number of anilines is 1. The van der Waals surface area contributed by atoms with Crippen molar-refractivity contribution in [3.63, 3.8) is 0 Å². The number of carbonyl (C=O) groups excluding carboxylic acids is 1. The second-order valence-electron chi connectivity index (χ2n) is 6.71. The SMILES string of the molecule is CCCOc1ccc(NC(=O)N(CC)CC)cc1-c1nc(CC)c(CC)c(=O)[nH]1. The van der Waals surface area contributed by atoms with Gasteiger partial charge < -0.3 is 19.9 Å². The molecule has 0 atom stereocenters. The number of benzene rings is 1. The fourth-order valence-electron chi connectivity index (χ4n) is 3.17. The van der Waals surface area contributed by atoms with Gasteiger partial charge in [-0.05, 0) is 51.3 Å². The molecule has 1 aromatic heterocycles. The van der Waals surface area contributed by atoms with Crippen molar-refractivity contribution >= 4 is 11.7 Å². The third kappa shape index (κ3) is 5.37. The zero-order valence-electron chi connectivity index (χ0n) is 18.1. The van der Waals surface area contributed by atoms with Gasteiger partial charge in [-0.15, -0.1) is 0 Å². The number of rotatable bonds is 9. The van der Waals surface area contributed by atoms with Crippen LogP contribution in [-0.4, -0.2) is 40.6 Å². The molecule has 0 bridgehead atoms. The normalized spacial score (nSPS) is 10.7. The molecular weight excluding hydrogens is 368 g/mol. The van der Waals surface area contributed by atoms with E-state index in [2.05, 4.69) is 10.3 Å². The Morgan fingerprint density at radius 2 is 1.86 bits per heavy atom. The molecule has 1 heterocycles. The number of nitrogens with one attached hydrogen (secondary N) is 2. The van der Waals surface area contributed by atoms with E-state index in [0.29, 0.717) is 60.9 Å². The van der Waals surface area contributed by atoms with Crippen LogP contribution in [0.15, 0.2) is 23.0 Å². The number of aryl methyl sites for hydroxylation is 1. The topological polar surface area (TPSA) is 87.3 Å². The average Bonchev–Trinajstić information content (AvgIpc) is 2.72. The first kappa shape index (κ1) is 22.5. The maximum absolute atomic E-state index is 12.6. The van der Waals surface area contributed by atoms with Crippen molar-refractivity contribution in [3.05, 3.63) is 39.8 Å². The van der Waals surface area contributed by atoms with Crippen molar-refractivity contribution in [2.24, 2.45) is 0 Å². The van der Waals surface area contributed by atoms with Gasteiger partial charge in [-0.3, -0.25) is 4.79 Å². The number of amides is 2. The number of urea groups is 1. The van der Waals surface area contributed by atoms with Crippen LogP contribution < -0.4 is 15.6 Å². The summed E-state index contributed by atoms with van der Waals surface area (Å²) < 4.78 is 5.88. The zero-order valence-corrected chi connectivity index (χ0v) is 18.1. The lowest BCUT2D eigenvalue weighted by Gasteiger charge is -2.20. The van der Waals surface area contributed by atoms with Gasteiger partial charge in [0, 0.05) is 24.3 Å². The van der Waals surface area contributed by atoms with Crippen LogP contribution in [0.5, 0.6) is 5.75 Å². The van der Waals surface area contributed by atoms with E-state index in [1.807, 2.05) is 40.7 Å². The molecule has 0 spiro atoms. The van der Waals surface area contributed by atoms with Crippen molar-refractivity contribution in [2.75, 3.05) is 25.0 Å². The zero-order chi connectivity index (χ0) is 21.4. The summed E-state index contributed by atoms with van der Waals surface area (Å²) in [4.78, 5) is 34.3.